The molecular formula is C15H22N4S. The fourth-order valence-corrected chi connectivity index (χ4v) is 3.18. The smallest absolute Gasteiger partial charge is 0.185 e. The van der Waals surface area contributed by atoms with Gasteiger partial charge in [0.25, 0.3) is 0 Å². The molecule has 5 heteroatoms. The molecule has 0 aliphatic carbocycles. The molecule has 1 N–H and O–H groups in total. The van der Waals surface area contributed by atoms with Gasteiger partial charge in [0.2, 0.25) is 0 Å². The van der Waals surface area contributed by atoms with E-state index in [1.807, 2.05) is 11.7 Å². The molecule has 0 bridgehead atoms. The third-order valence-electron chi connectivity index (χ3n) is 3.31. The van der Waals surface area contributed by atoms with Crippen LogP contribution in [-0.2, 0) is 7.05 Å². The molecule has 0 saturated carbocycles. The molecule has 20 heavy (non-hydrogen) atoms. The number of thioether (sulfide) groups is 1. The van der Waals surface area contributed by atoms with Gasteiger partial charge in [0.15, 0.2) is 5.16 Å². The molecular weight excluding hydrogens is 268 g/mol. The van der Waals surface area contributed by atoms with Crippen molar-refractivity contribution in [3.8, 4) is 0 Å². The Bertz CT molecular complexity index is 565. The molecule has 0 aliphatic heterocycles. The zero-order chi connectivity index (χ0) is 14.5. The van der Waals surface area contributed by atoms with E-state index in [2.05, 4.69) is 54.4 Å². The molecule has 0 amide bonds. The Kier molecular flexibility index (Phi) is 5.20. The maximum Gasteiger partial charge on any atom is 0.185 e. The minimum atomic E-state index is 0.335. The van der Waals surface area contributed by atoms with Gasteiger partial charge in [-0.05, 0) is 31.5 Å². The lowest BCUT2D eigenvalue weighted by atomic mass is 10.00. The number of rotatable bonds is 6. The van der Waals surface area contributed by atoms with Crippen LogP contribution in [0.5, 0.6) is 0 Å². The second kappa shape index (κ2) is 6.90. The van der Waals surface area contributed by atoms with Crippen LogP contribution in [0.15, 0.2) is 29.7 Å². The highest BCUT2D eigenvalue weighted by Gasteiger charge is 2.14. The summed E-state index contributed by atoms with van der Waals surface area (Å²) >= 11 is 1.74. The van der Waals surface area contributed by atoms with Crippen LogP contribution in [0.1, 0.15) is 29.7 Å². The summed E-state index contributed by atoms with van der Waals surface area (Å²) in [6.07, 6.45) is 1.60. The van der Waals surface area contributed by atoms with Gasteiger partial charge in [0.05, 0.1) is 0 Å². The minimum Gasteiger partial charge on any atom is -0.309 e. The number of aryl methyl sites for hydroxylation is 3. The van der Waals surface area contributed by atoms with Gasteiger partial charge in [-0.2, -0.15) is 5.10 Å². The average Bonchev–Trinajstić information content (AvgIpc) is 2.83. The van der Waals surface area contributed by atoms with Gasteiger partial charge in [-0.25, -0.2) is 9.67 Å². The molecule has 1 unspecified atom stereocenters. The molecule has 1 atom stereocenters. The summed E-state index contributed by atoms with van der Waals surface area (Å²) in [6, 6.07) is 6.97. The Balaban J connectivity index is 2.14. The predicted octanol–water partition coefficient (Wildman–Crippen LogP) is 2.87. The van der Waals surface area contributed by atoms with Crippen molar-refractivity contribution in [3.05, 3.63) is 41.2 Å². The first kappa shape index (κ1) is 15.1. The van der Waals surface area contributed by atoms with Crippen molar-refractivity contribution < 1.29 is 0 Å². The largest absolute Gasteiger partial charge is 0.309 e. The predicted molar refractivity (Wildman–Crippen MR) is 84.1 cm³/mol. The summed E-state index contributed by atoms with van der Waals surface area (Å²) in [5.41, 5.74) is 4.01. The number of benzene rings is 1. The van der Waals surface area contributed by atoms with Crippen molar-refractivity contribution in [2.75, 3.05) is 12.3 Å². The highest BCUT2D eigenvalue weighted by molar-refractivity contribution is 7.99. The zero-order valence-corrected chi connectivity index (χ0v) is 13.4. The number of nitrogens with one attached hydrogen (secondary N) is 1. The summed E-state index contributed by atoms with van der Waals surface area (Å²) in [5, 5.41) is 8.64. The van der Waals surface area contributed by atoms with Gasteiger partial charge in [-0.15, -0.1) is 0 Å². The lowest BCUT2D eigenvalue weighted by Gasteiger charge is -2.20. The number of nitrogens with zero attached hydrogens (tertiary/aromatic N) is 3. The van der Waals surface area contributed by atoms with E-state index in [-0.39, 0.29) is 0 Å². The van der Waals surface area contributed by atoms with E-state index in [9.17, 15) is 0 Å². The van der Waals surface area contributed by atoms with Crippen LogP contribution in [0.25, 0.3) is 0 Å². The highest BCUT2D eigenvalue weighted by Crippen LogP contribution is 2.25. The van der Waals surface area contributed by atoms with E-state index in [1.165, 1.54) is 16.7 Å². The third-order valence-corrected chi connectivity index (χ3v) is 4.44. The zero-order valence-electron chi connectivity index (χ0n) is 12.6. The Morgan fingerprint density at radius 2 is 2.15 bits per heavy atom. The Morgan fingerprint density at radius 1 is 1.35 bits per heavy atom. The first-order valence-corrected chi connectivity index (χ1v) is 7.87. The summed E-state index contributed by atoms with van der Waals surface area (Å²) < 4.78 is 1.82. The summed E-state index contributed by atoms with van der Waals surface area (Å²) in [4.78, 5) is 4.27. The minimum absolute atomic E-state index is 0.335. The van der Waals surface area contributed by atoms with E-state index in [4.69, 9.17) is 0 Å². The summed E-state index contributed by atoms with van der Waals surface area (Å²) in [5.74, 6) is 0.949. The van der Waals surface area contributed by atoms with Crippen molar-refractivity contribution in [1.82, 2.24) is 20.1 Å². The van der Waals surface area contributed by atoms with Gasteiger partial charge in [-0.3, -0.25) is 0 Å². The Morgan fingerprint density at radius 3 is 2.80 bits per heavy atom. The van der Waals surface area contributed by atoms with Crippen LogP contribution >= 0.6 is 11.8 Å². The van der Waals surface area contributed by atoms with Crippen molar-refractivity contribution in [1.29, 1.82) is 0 Å². The van der Waals surface area contributed by atoms with Gasteiger partial charge < -0.3 is 5.32 Å². The molecule has 0 spiro atoms. The second-order valence-corrected chi connectivity index (χ2v) is 5.93. The molecule has 108 valence electrons. The van der Waals surface area contributed by atoms with Gasteiger partial charge in [0, 0.05) is 18.8 Å². The summed E-state index contributed by atoms with van der Waals surface area (Å²) in [6.45, 7) is 7.41. The standard InChI is InChI=1S/C15H22N4S/c1-5-16-14(9-20-15-17-10-18-19(15)4)13-8-11(2)6-7-12(13)3/h6-8,10,14,16H,5,9H2,1-4H3. The SMILES string of the molecule is CCNC(CSc1ncnn1C)c1cc(C)ccc1C. The van der Waals surface area contributed by atoms with E-state index >= 15 is 0 Å². The Labute approximate surface area is 125 Å². The van der Waals surface area contributed by atoms with Crippen molar-refractivity contribution in [2.24, 2.45) is 7.05 Å². The number of aromatic nitrogens is 3. The van der Waals surface area contributed by atoms with Crippen molar-refractivity contribution in [2.45, 2.75) is 32.0 Å². The quantitative estimate of drug-likeness (QED) is 0.831. The third kappa shape index (κ3) is 3.61. The van der Waals surface area contributed by atoms with Gasteiger partial charge in [0.1, 0.15) is 6.33 Å². The van der Waals surface area contributed by atoms with Crippen molar-refractivity contribution in [3.63, 3.8) is 0 Å². The molecule has 1 heterocycles. The van der Waals surface area contributed by atoms with E-state index in [0.717, 1.165) is 17.5 Å². The molecule has 4 nitrogen and oxygen atoms in total. The first-order valence-electron chi connectivity index (χ1n) is 6.89. The monoisotopic (exact) mass is 290 g/mol. The number of hydrogen-bond acceptors (Lipinski definition) is 4. The first-order chi connectivity index (χ1) is 9.61. The van der Waals surface area contributed by atoms with Crippen molar-refractivity contribution >= 4 is 11.8 Å². The normalized spacial score (nSPS) is 12.6. The maximum absolute atomic E-state index is 4.27. The molecule has 0 radical (unpaired) electrons. The topological polar surface area (TPSA) is 42.7 Å². The number of hydrogen-bond donors (Lipinski definition) is 1. The molecule has 1 aromatic heterocycles. The average molecular weight is 290 g/mol. The molecule has 1 aromatic carbocycles. The van der Waals surface area contributed by atoms with Gasteiger partial charge >= 0.3 is 0 Å². The van der Waals surface area contributed by atoms with E-state index < -0.39 is 0 Å². The highest BCUT2D eigenvalue weighted by atomic mass is 32.2. The van der Waals surface area contributed by atoms with Crippen LogP contribution in [0.4, 0.5) is 0 Å². The lowest BCUT2D eigenvalue weighted by molar-refractivity contribution is 0.600. The van der Waals surface area contributed by atoms with Gasteiger partial charge in [-0.1, -0.05) is 42.4 Å². The van der Waals surface area contributed by atoms with Crippen LogP contribution < -0.4 is 5.32 Å². The lowest BCUT2D eigenvalue weighted by Crippen LogP contribution is -2.24. The van der Waals surface area contributed by atoms with Crippen LogP contribution in [0.3, 0.4) is 0 Å². The fraction of sp³-hybridized carbons (Fsp3) is 0.467. The molecule has 2 rings (SSSR count). The van der Waals surface area contributed by atoms with Crippen LogP contribution in [0, 0.1) is 13.8 Å². The summed E-state index contributed by atoms with van der Waals surface area (Å²) in [7, 11) is 1.93. The fourth-order valence-electron chi connectivity index (χ4n) is 2.21. The van der Waals surface area contributed by atoms with Crippen LogP contribution in [-0.4, -0.2) is 27.1 Å². The second-order valence-electron chi connectivity index (χ2n) is 4.95. The molecule has 0 fully saturated rings. The molecule has 2 aromatic rings. The van der Waals surface area contributed by atoms with E-state index in [0.29, 0.717) is 6.04 Å². The molecule has 0 saturated heterocycles. The van der Waals surface area contributed by atoms with E-state index in [1.54, 1.807) is 18.1 Å². The van der Waals surface area contributed by atoms with Crippen LogP contribution in [0.2, 0.25) is 0 Å². The molecule has 0 aliphatic rings. The maximum atomic E-state index is 4.27. The Hall–Kier alpha value is -1.33.